The fourth-order valence-corrected chi connectivity index (χ4v) is 8.89. The normalized spacial score (nSPS) is 49.2. The zero-order chi connectivity index (χ0) is 25.8. The van der Waals surface area contributed by atoms with Gasteiger partial charge in [0, 0.05) is 24.4 Å². The summed E-state index contributed by atoms with van der Waals surface area (Å²) in [6, 6.07) is 0. The van der Waals surface area contributed by atoms with Gasteiger partial charge in [-0.3, -0.25) is 9.59 Å². The summed E-state index contributed by atoms with van der Waals surface area (Å²) in [5.41, 5.74) is -5.32. The zero-order valence-corrected chi connectivity index (χ0v) is 21.5. The third-order valence-electron chi connectivity index (χ3n) is 10.8. The molecule has 35 heavy (non-hydrogen) atoms. The molecule has 9 atom stereocenters. The number of fused-ring (bicyclic) bond motifs is 7. The Bertz CT molecular complexity index is 1020. The first-order valence-corrected chi connectivity index (χ1v) is 13.0. The molecule has 1 saturated heterocycles. The predicted molar refractivity (Wildman–Crippen MR) is 128 cm³/mol. The Kier molecular flexibility index (Phi) is 5.35. The van der Waals surface area contributed by atoms with Crippen LogP contribution in [0.15, 0.2) is 23.8 Å². The van der Waals surface area contributed by atoms with E-state index in [2.05, 4.69) is 25.7 Å². The van der Waals surface area contributed by atoms with Gasteiger partial charge < -0.3 is 15.1 Å². The van der Waals surface area contributed by atoms with E-state index in [4.69, 9.17) is 0 Å². The number of aliphatic hydroxyl groups excluding tert-OH is 1. The molecule has 5 rings (SSSR count). The molecule has 5 aliphatic rings. The van der Waals surface area contributed by atoms with E-state index in [9.17, 15) is 19.8 Å². The van der Waals surface area contributed by atoms with Gasteiger partial charge in [-0.15, -0.1) is 0 Å². The van der Waals surface area contributed by atoms with Crippen LogP contribution in [0.1, 0.15) is 60.3 Å². The highest BCUT2D eigenvalue weighted by Crippen LogP contribution is 2.74. The lowest BCUT2D eigenvalue weighted by atomic mass is 9.43. The molecule has 3 saturated carbocycles. The molecule has 1 aliphatic heterocycles. The molecule has 0 aromatic heterocycles. The Morgan fingerprint density at radius 1 is 1.23 bits per heavy atom. The molecule has 0 radical (unpaired) electrons. The van der Waals surface area contributed by atoms with Gasteiger partial charge in [-0.1, -0.05) is 33.8 Å². The van der Waals surface area contributed by atoms with E-state index in [-0.39, 0.29) is 41.4 Å². The third kappa shape index (κ3) is 3.09. The van der Waals surface area contributed by atoms with Crippen LogP contribution in [0.3, 0.4) is 0 Å². The topological polar surface area (TPSA) is 77.8 Å². The van der Waals surface area contributed by atoms with Crippen molar-refractivity contribution in [1.82, 2.24) is 4.90 Å². The van der Waals surface area contributed by atoms with E-state index >= 15 is 8.78 Å². The number of hydrogen-bond acceptors (Lipinski definition) is 4. The molecule has 2 N–H and O–H groups in total. The lowest BCUT2D eigenvalue weighted by molar-refractivity contribution is -0.215. The largest absolute Gasteiger partial charge is 0.481 e. The summed E-state index contributed by atoms with van der Waals surface area (Å²) >= 11 is 0. The van der Waals surface area contributed by atoms with Crippen LogP contribution in [0, 0.1) is 39.4 Å². The highest BCUT2D eigenvalue weighted by Gasteiger charge is 2.78. The van der Waals surface area contributed by atoms with Gasteiger partial charge in [0.05, 0.1) is 11.5 Å². The SMILES string of the molecule is CC(C)(C)CCN1C[C@@H]2C[C@H]3[C@@H]4C[C@H](F)C5=CC(=O)C=C[C@]5(C)[C@@]4(F)[C@@H](O)C[C@]3(C)[C@]2(C(=O)O)C1. The molecule has 4 aliphatic carbocycles. The van der Waals surface area contributed by atoms with Gasteiger partial charge in [-0.25, -0.2) is 8.78 Å². The van der Waals surface area contributed by atoms with E-state index in [0.29, 0.717) is 19.5 Å². The monoisotopic (exact) mass is 491 g/mol. The van der Waals surface area contributed by atoms with Crippen molar-refractivity contribution in [2.24, 2.45) is 39.4 Å². The third-order valence-corrected chi connectivity index (χ3v) is 10.8. The number of carboxylic acid groups (broad SMARTS) is 1. The second kappa shape index (κ2) is 7.47. The van der Waals surface area contributed by atoms with E-state index < -0.39 is 46.1 Å². The van der Waals surface area contributed by atoms with Crippen LogP contribution in [0.2, 0.25) is 0 Å². The maximum atomic E-state index is 17.3. The summed E-state index contributed by atoms with van der Waals surface area (Å²) in [6.45, 7) is 11.8. The minimum absolute atomic E-state index is 0.0161. The van der Waals surface area contributed by atoms with Crippen molar-refractivity contribution >= 4 is 11.8 Å². The number of likely N-dealkylation sites (tertiary alicyclic amines) is 1. The van der Waals surface area contributed by atoms with Crippen LogP contribution < -0.4 is 0 Å². The van der Waals surface area contributed by atoms with Crippen molar-refractivity contribution < 1.29 is 28.6 Å². The molecule has 0 aromatic carbocycles. The minimum atomic E-state index is -2.16. The second-order valence-corrected chi connectivity index (χ2v) is 13.6. The van der Waals surface area contributed by atoms with Gasteiger partial charge in [0.2, 0.25) is 0 Å². The molecule has 7 heteroatoms. The van der Waals surface area contributed by atoms with Crippen molar-refractivity contribution in [2.75, 3.05) is 19.6 Å². The molecule has 1 heterocycles. The Hall–Kier alpha value is -1.60. The summed E-state index contributed by atoms with van der Waals surface area (Å²) in [7, 11) is 0. The van der Waals surface area contributed by atoms with Crippen LogP contribution in [-0.4, -0.2) is 64.4 Å². The molecule has 0 unspecified atom stereocenters. The number of carbonyl (C=O) groups is 2. The minimum Gasteiger partial charge on any atom is -0.481 e. The second-order valence-electron chi connectivity index (χ2n) is 13.6. The van der Waals surface area contributed by atoms with E-state index in [1.165, 1.54) is 18.2 Å². The first-order valence-electron chi connectivity index (χ1n) is 13.0. The number of rotatable bonds is 3. The number of halogens is 2. The Morgan fingerprint density at radius 3 is 2.54 bits per heavy atom. The van der Waals surface area contributed by atoms with Gasteiger partial charge in [-0.05, 0) is 79.5 Å². The standard InChI is InChI=1S/C28H39F2NO4/c1-24(2,3)8-9-31-14-16-10-18-19-12-21(29)20-11-17(32)6-7-25(20,4)28(19,30)22(33)13-26(18,5)27(16,15-31)23(34)35/h6-7,11,16,18-19,21-22,33H,8-10,12-15H2,1-5H3,(H,34,35)/t16-,18-,19-,21-,22-,25-,26-,27+,28-/m0/s1. The van der Waals surface area contributed by atoms with E-state index in [1.54, 1.807) is 6.92 Å². The van der Waals surface area contributed by atoms with Crippen LogP contribution in [0.25, 0.3) is 0 Å². The first-order chi connectivity index (χ1) is 16.1. The van der Waals surface area contributed by atoms with E-state index in [1.807, 2.05) is 6.92 Å². The molecule has 0 spiro atoms. The van der Waals surface area contributed by atoms with Gasteiger partial charge in [-0.2, -0.15) is 0 Å². The van der Waals surface area contributed by atoms with Gasteiger partial charge in [0.25, 0.3) is 0 Å². The van der Waals surface area contributed by atoms with Crippen molar-refractivity contribution in [3.8, 4) is 0 Å². The highest BCUT2D eigenvalue weighted by atomic mass is 19.1. The van der Waals surface area contributed by atoms with Crippen molar-refractivity contribution in [2.45, 2.75) is 78.2 Å². The number of aliphatic hydroxyl groups is 1. The number of allylic oxidation sites excluding steroid dienone is 4. The molecule has 0 aromatic rings. The summed E-state index contributed by atoms with van der Waals surface area (Å²) in [6.07, 6.45) is 2.29. The molecule has 4 fully saturated rings. The number of hydrogen-bond donors (Lipinski definition) is 2. The number of aliphatic carboxylic acids is 1. The maximum absolute atomic E-state index is 17.3. The quantitative estimate of drug-likeness (QED) is 0.614. The number of carboxylic acids is 1. The maximum Gasteiger partial charge on any atom is 0.311 e. The van der Waals surface area contributed by atoms with Crippen LogP contribution in [0.4, 0.5) is 8.78 Å². The Labute approximate surface area is 206 Å². The Morgan fingerprint density at radius 2 is 1.91 bits per heavy atom. The van der Waals surface area contributed by atoms with Gasteiger partial charge in [0.15, 0.2) is 11.5 Å². The molecular formula is C28H39F2NO4. The first kappa shape index (κ1) is 25.1. The van der Waals surface area contributed by atoms with E-state index in [0.717, 1.165) is 13.0 Å². The number of carbonyl (C=O) groups excluding carboxylic acids is 1. The zero-order valence-electron chi connectivity index (χ0n) is 21.5. The number of alkyl halides is 2. The summed E-state index contributed by atoms with van der Waals surface area (Å²) in [5, 5.41) is 22.1. The molecule has 0 amide bonds. The lowest BCUT2D eigenvalue weighted by Gasteiger charge is -2.63. The fourth-order valence-electron chi connectivity index (χ4n) is 8.89. The van der Waals surface area contributed by atoms with Crippen LogP contribution in [0.5, 0.6) is 0 Å². The Balaban J connectivity index is 1.54. The summed E-state index contributed by atoms with van der Waals surface area (Å²) < 4.78 is 32.9. The summed E-state index contributed by atoms with van der Waals surface area (Å²) in [4.78, 5) is 27.2. The van der Waals surface area contributed by atoms with Crippen LogP contribution >= 0.6 is 0 Å². The smallest absolute Gasteiger partial charge is 0.311 e. The molecule has 0 bridgehead atoms. The number of ketones is 1. The molecule has 5 nitrogen and oxygen atoms in total. The predicted octanol–water partition coefficient (Wildman–Crippen LogP) is 4.35. The highest BCUT2D eigenvalue weighted by molar-refractivity contribution is 6.01. The summed E-state index contributed by atoms with van der Waals surface area (Å²) in [5.74, 6) is -2.60. The van der Waals surface area contributed by atoms with Crippen molar-refractivity contribution in [1.29, 1.82) is 0 Å². The molecular weight excluding hydrogens is 452 g/mol. The van der Waals surface area contributed by atoms with Crippen LogP contribution in [-0.2, 0) is 9.59 Å². The number of nitrogens with zero attached hydrogens (tertiary/aromatic N) is 1. The van der Waals surface area contributed by atoms with Crippen molar-refractivity contribution in [3.63, 3.8) is 0 Å². The van der Waals surface area contributed by atoms with Crippen molar-refractivity contribution in [3.05, 3.63) is 23.8 Å². The average molecular weight is 492 g/mol. The average Bonchev–Trinajstić information content (AvgIpc) is 3.23. The molecule has 194 valence electrons. The fraction of sp³-hybridized carbons (Fsp3) is 0.786. The lowest BCUT2D eigenvalue weighted by Crippen LogP contribution is -2.69. The van der Waals surface area contributed by atoms with Gasteiger partial charge in [0.1, 0.15) is 6.17 Å². The van der Waals surface area contributed by atoms with Gasteiger partial charge >= 0.3 is 5.97 Å².